The van der Waals surface area contributed by atoms with Crippen molar-refractivity contribution in [3.8, 4) is 0 Å². The standard InChI is InChI=1S/C26H47N/c1-4-6-8-10-12-14-16-21-27(22-17-15-13-11-9-7-5-2)24-26-20-18-19-25(3)23-26/h18-20,23H,4-17,21-22,24H2,1-3H3. The number of rotatable bonds is 18. The highest BCUT2D eigenvalue weighted by Gasteiger charge is 2.06. The molecule has 0 aromatic heterocycles. The molecule has 0 bridgehead atoms. The first-order chi connectivity index (χ1) is 13.3. The molecule has 156 valence electrons. The number of hydrogen-bond acceptors (Lipinski definition) is 1. The first-order valence-electron chi connectivity index (χ1n) is 12.0. The van der Waals surface area contributed by atoms with Crippen LogP contribution in [0.5, 0.6) is 0 Å². The van der Waals surface area contributed by atoms with Crippen molar-refractivity contribution in [1.29, 1.82) is 0 Å². The van der Waals surface area contributed by atoms with E-state index in [1.54, 1.807) is 0 Å². The van der Waals surface area contributed by atoms with E-state index in [1.807, 2.05) is 0 Å². The highest BCUT2D eigenvalue weighted by molar-refractivity contribution is 5.22. The van der Waals surface area contributed by atoms with E-state index in [1.165, 1.54) is 114 Å². The molecule has 1 aromatic carbocycles. The molecule has 1 heteroatoms. The fourth-order valence-electron chi connectivity index (χ4n) is 3.92. The summed E-state index contributed by atoms with van der Waals surface area (Å²) in [5, 5.41) is 0. The minimum Gasteiger partial charge on any atom is -0.299 e. The minimum absolute atomic E-state index is 1.13. The van der Waals surface area contributed by atoms with Gasteiger partial charge >= 0.3 is 0 Å². The molecule has 0 heterocycles. The zero-order valence-electron chi connectivity index (χ0n) is 18.8. The van der Waals surface area contributed by atoms with E-state index in [9.17, 15) is 0 Å². The molecular formula is C26H47N. The molecule has 0 aliphatic heterocycles. The highest BCUT2D eigenvalue weighted by Crippen LogP contribution is 2.13. The first-order valence-corrected chi connectivity index (χ1v) is 12.0. The van der Waals surface area contributed by atoms with Gasteiger partial charge in [0, 0.05) is 6.54 Å². The van der Waals surface area contributed by atoms with E-state index >= 15 is 0 Å². The third-order valence-electron chi connectivity index (χ3n) is 5.64. The van der Waals surface area contributed by atoms with Crippen molar-refractivity contribution in [3.05, 3.63) is 35.4 Å². The maximum absolute atomic E-state index is 2.72. The van der Waals surface area contributed by atoms with Crippen LogP contribution >= 0.6 is 0 Å². The molecule has 0 unspecified atom stereocenters. The summed E-state index contributed by atoms with van der Waals surface area (Å²) in [4.78, 5) is 2.72. The van der Waals surface area contributed by atoms with Crippen molar-refractivity contribution in [1.82, 2.24) is 4.90 Å². The molecule has 0 radical (unpaired) electrons. The summed E-state index contributed by atoms with van der Waals surface area (Å²) in [6, 6.07) is 9.09. The van der Waals surface area contributed by atoms with Crippen LogP contribution < -0.4 is 0 Å². The Kier molecular flexibility index (Phi) is 15.5. The van der Waals surface area contributed by atoms with E-state index in [0.29, 0.717) is 0 Å². The van der Waals surface area contributed by atoms with Gasteiger partial charge in [0.05, 0.1) is 0 Å². The molecular weight excluding hydrogens is 326 g/mol. The zero-order valence-corrected chi connectivity index (χ0v) is 18.8. The van der Waals surface area contributed by atoms with Gasteiger partial charge in [-0.05, 0) is 38.4 Å². The summed E-state index contributed by atoms with van der Waals surface area (Å²) < 4.78 is 0. The lowest BCUT2D eigenvalue weighted by Crippen LogP contribution is -2.25. The number of unbranched alkanes of at least 4 members (excludes halogenated alkanes) is 12. The average molecular weight is 374 g/mol. The maximum atomic E-state index is 2.72. The average Bonchev–Trinajstić information content (AvgIpc) is 2.66. The number of aryl methyl sites for hydroxylation is 1. The molecule has 1 nitrogen and oxygen atoms in total. The van der Waals surface area contributed by atoms with Crippen LogP contribution in [0.15, 0.2) is 24.3 Å². The zero-order chi connectivity index (χ0) is 19.6. The maximum Gasteiger partial charge on any atom is 0.0233 e. The predicted octanol–water partition coefficient (Wildman–Crippen LogP) is 8.30. The van der Waals surface area contributed by atoms with Crippen LogP contribution in [0.2, 0.25) is 0 Å². The Morgan fingerprint density at radius 2 is 1.11 bits per heavy atom. The number of hydrogen-bond donors (Lipinski definition) is 0. The molecule has 1 aromatic rings. The fraction of sp³-hybridized carbons (Fsp3) is 0.769. The van der Waals surface area contributed by atoms with Crippen molar-refractivity contribution in [2.75, 3.05) is 13.1 Å². The third kappa shape index (κ3) is 13.9. The van der Waals surface area contributed by atoms with Gasteiger partial charge in [0.25, 0.3) is 0 Å². The summed E-state index contributed by atoms with van der Waals surface area (Å²) in [5.74, 6) is 0. The van der Waals surface area contributed by atoms with Gasteiger partial charge in [-0.25, -0.2) is 0 Å². The Hall–Kier alpha value is -0.820. The Labute approximate surface area is 170 Å². The van der Waals surface area contributed by atoms with Gasteiger partial charge in [0.15, 0.2) is 0 Å². The van der Waals surface area contributed by atoms with Crippen LogP contribution in [0.1, 0.15) is 115 Å². The van der Waals surface area contributed by atoms with Crippen molar-refractivity contribution >= 4 is 0 Å². The van der Waals surface area contributed by atoms with E-state index in [-0.39, 0.29) is 0 Å². The Morgan fingerprint density at radius 1 is 0.630 bits per heavy atom. The molecule has 0 amide bonds. The summed E-state index contributed by atoms with van der Waals surface area (Å²) in [6.45, 7) is 10.5. The predicted molar refractivity (Wildman–Crippen MR) is 122 cm³/mol. The molecule has 0 N–H and O–H groups in total. The van der Waals surface area contributed by atoms with Crippen LogP contribution in [0.3, 0.4) is 0 Å². The molecule has 0 fully saturated rings. The molecule has 0 atom stereocenters. The largest absolute Gasteiger partial charge is 0.299 e. The second kappa shape index (κ2) is 17.3. The van der Waals surface area contributed by atoms with E-state index in [2.05, 4.69) is 49.9 Å². The molecule has 0 aliphatic rings. The van der Waals surface area contributed by atoms with Crippen LogP contribution in [0.4, 0.5) is 0 Å². The van der Waals surface area contributed by atoms with Gasteiger partial charge in [-0.15, -0.1) is 0 Å². The Balaban J connectivity index is 2.28. The topological polar surface area (TPSA) is 3.24 Å². The smallest absolute Gasteiger partial charge is 0.0233 e. The van der Waals surface area contributed by atoms with Gasteiger partial charge in [-0.1, -0.05) is 121 Å². The Morgan fingerprint density at radius 3 is 1.59 bits per heavy atom. The second-order valence-electron chi connectivity index (χ2n) is 8.51. The lowest BCUT2D eigenvalue weighted by atomic mass is 10.1. The fourth-order valence-corrected chi connectivity index (χ4v) is 3.92. The Bertz CT molecular complexity index is 422. The number of nitrogens with zero attached hydrogens (tertiary/aromatic N) is 1. The lowest BCUT2D eigenvalue weighted by molar-refractivity contribution is 0.252. The summed E-state index contributed by atoms with van der Waals surface area (Å²) in [7, 11) is 0. The SMILES string of the molecule is CCCCCCCCCN(CCCCCCCCC)Cc1cccc(C)c1. The van der Waals surface area contributed by atoms with Gasteiger partial charge < -0.3 is 0 Å². The minimum atomic E-state index is 1.13. The van der Waals surface area contributed by atoms with Gasteiger partial charge in [-0.2, -0.15) is 0 Å². The molecule has 0 saturated heterocycles. The van der Waals surface area contributed by atoms with E-state index < -0.39 is 0 Å². The molecule has 0 saturated carbocycles. The van der Waals surface area contributed by atoms with E-state index in [0.717, 1.165) is 6.54 Å². The van der Waals surface area contributed by atoms with Crippen LogP contribution in [0, 0.1) is 6.92 Å². The van der Waals surface area contributed by atoms with Crippen molar-refractivity contribution in [2.45, 2.75) is 117 Å². The van der Waals surface area contributed by atoms with Crippen molar-refractivity contribution in [3.63, 3.8) is 0 Å². The normalized spacial score (nSPS) is 11.4. The molecule has 0 spiro atoms. The lowest BCUT2D eigenvalue weighted by Gasteiger charge is -2.23. The van der Waals surface area contributed by atoms with Gasteiger partial charge in [-0.3, -0.25) is 4.90 Å². The molecule has 27 heavy (non-hydrogen) atoms. The summed E-state index contributed by atoms with van der Waals surface area (Å²) in [5.41, 5.74) is 2.88. The third-order valence-corrected chi connectivity index (χ3v) is 5.64. The van der Waals surface area contributed by atoms with Crippen molar-refractivity contribution < 1.29 is 0 Å². The van der Waals surface area contributed by atoms with Gasteiger partial charge in [0.1, 0.15) is 0 Å². The molecule has 0 aliphatic carbocycles. The second-order valence-corrected chi connectivity index (χ2v) is 8.51. The van der Waals surface area contributed by atoms with Gasteiger partial charge in [0.2, 0.25) is 0 Å². The number of benzene rings is 1. The summed E-state index contributed by atoms with van der Waals surface area (Å²) >= 11 is 0. The van der Waals surface area contributed by atoms with Crippen LogP contribution in [-0.4, -0.2) is 18.0 Å². The first kappa shape index (κ1) is 24.2. The monoisotopic (exact) mass is 373 g/mol. The summed E-state index contributed by atoms with van der Waals surface area (Å²) in [6.07, 6.45) is 19.7. The molecule has 1 rings (SSSR count). The highest BCUT2D eigenvalue weighted by atomic mass is 15.1. The van der Waals surface area contributed by atoms with E-state index in [4.69, 9.17) is 0 Å². The van der Waals surface area contributed by atoms with Crippen LogP contribution in [0.25, 0.3) is 0 Å². The quantitative estimate of drug-likeness (QED) is 0.234. The van der Waals surface area contributed by atoms with Crippen molar-refractivity contribution in [2.24, 2.45) is 0 Å². The van der Waals surface area contributed by atoms with Crippen LogP contribution in [-0.2, 0) is 6.54 Å².